The minimum Gasteiger partial charge on any atom is -0.503 e. The average molecular weight is 425 g/mol. The van der Waals surface area contributed by atoms with Crippen molar-refractivity contribution in [2.75, 3.05) is 0 Å². The van der Waals surface area contributed by atoms with Crippen LogP contribution in [-0.2, 0) is 11.3 Å². The van der Waals surface area contributed by atoms with E-state index < -0.39 is 17.7 Å². The van der Waals surface area contributed by atoms with Gasteiger partial charge in [0.05, 0.1) is 21.2 Å². The van der Waals surface area contributed by atoms with Gasteiger partial charge >= 0.3 is 0 Å². The van der Waals surface area contributed by atoms with Crippen LogP contribution in [0.25, 0.3) is 0 Å². The van der Waals surface area contributed by atoms with Crippen molar-refractivity contribution < 1.29 is 14.7 Å². The van der Waals surface area contributed by atoms with E-state index in [1.54, 1.807) is 11.8 Å². The van der Waals surface area contributed by atoms with Gasteiger partial charge in [-0.05, 0) is 43.3 Å². The third kappa shape index (κ3) is 3.41. The normalized spacial score (nSPS) is 16.7. The summed E-state index contributed by atoms with van der Waals surface area (Å²) in [6.07, 6.45) is 0. The number of carbonyl (C=O) groups is 2. The molecule has 1 unspecified atom stereocenters. The number of amides is 1. The molecular weight excluding hydrogens is 404 g/mol. The average Bonchev–Trinajstić information content (AvgIpc) is 3.34. The van der Waals surface area contributed by atoms with Crippen molar-refractivity contribution in [2.45, 2.75) is 33.4 Å². The lowest BCUT2D eigenvalue weighted by atomic mass is 9.98. The number of hydrogen-bond acceptors (Lipinski definition) is 6. The second kappa shape index (κ2) is 7.57. The number of benzene rings is 1. The minimum absolute atomic E-state index is 0.142. The number of aromatic nitrogens is 1. The number of Topliss-reactive ketones (excluding diaryl/α,β-unsaturated/α-hetero) is 1. The Hall–Kier alpha value is -2.77. The van der Waals surface area contributed by atoms with Crippen LogP contribution in [0.5, 0.6) is 0 Å². The van der Waals surface area contributed by atoms with Crippen LogP contribution in [0.3, 0.4) is 0 Å². The molecule has 5 nitrogen and oxygen atoms in total. The number of thiazole rings is 1. The van der Waals surface area contributed by atoms with Gasteiger partial charge in [0.1, 0.15) is 6.04 Å². The van der Waals surface area contributed by atoms with E-state index in [4.69, 9.17) is 0 Å². The highest BCUT2D eigenvalue weighted by Crippen LogP contribution is 2.43. The predicted octanol–water partition coefficient (Wildman–Crippen LogP) is 4.91. The SMILES string of the molecule is Cc1nc(C)c(C(=O)C2=C(O)C(=O)N(Cc3ccccc3)C2c2sccc2C)s1. The Labute approximate surface area is 177 Å². The van der Waals surface area contributed by atoms with E-state index in [9.17, 15) is 14.7 Å². The number of aliphatic hydroxyl groups excluding tert-OH is 1. The van der Waals surface area contributed by atoms with E-state index >= 15 is 0 Å². The van der Waals surface area contributed by atoms with Crippen molar-refractivity contribution in [1.29, 1.82) is 0 Å². The molecule has 0 aliphatic carbocycles. The van der Waals surface area contributed by atoms with E-state index in [0.717, 1.165) is 21.0 Å². The van der Waals surface area contributed by atoms with Crippen molar-refractivity contribution >= 4 is 34.4 Å². The highest BCUT2D eigenvalue weighted by Gasteiger charge is 2.45. The van der Waals surface area contributed by atoms with E-state index in [1.807, 2.05) is 55.6 Å². The van der Waals surface area contributed by atoms with Crippen LogP contribution in [0.4, 0.5) is 0 Å². The fourth-order valence-electron chi connectivity index (χ4n) is 3.63. The number of rotatable bonds is 5. The lowest BCUT2D eigenvalue weighted by Gasteiger charge is -2.26. The number of ketones is 1. The summed E-state index contributed by atoms with van der Waals surface area (Å²) in [4.78, 5) is 33.7. The molecule has 0 saturated heterocycles. The number of aliphatic hydroxyl groups is 1. The van der Waals surface area contributed by atoms with Gasteiger partial charge in [0.15, 0.2) is 5.76 Å². The summed E-state index contributed by atoms with van der Waals surface area (Å²) in [5, 5.41) is 13.5. The van der Waals surface area contributed by atoms with Crippen molar-refractivity contribution in [3.63, 3.8) is 0 Å². The van der Waals surface area contributed by atoms with Gasteiger partial charge in [0.2, 0.25) is 5.78 Å². The molecule has 0 radical (unpaired) electrons. The van der Waals surface area contributed by atoms with Crippen LogP contribution in [0.2, 0.25) is 0 Å². The van der Waals surface area contributed by atoms with Gasteiger partial charge in [-0.15, -0.1) is 22.7 Å². The molecule has 29 heavy (non-hydrogen) atoms. The first-order chi connectivity index (χ1) is 13.9. The molecule has 148 valence electrons. The highest BCUT2D eigenvalue weighted by atomic mass is 32.1. The van der Waals surface area contributed by atoms with Gasteiger partial charge in [-0.2, -0.15) is 0 Å². The Morgan fingerprint density at radius 1 is 1.17 bits per heavy atom. The second-order valence-corrected chi connectivity index (χ2v) is 9.18. The quantitative estimate of drug-likeness (QED) is 0.591. The third-order valence-electron chi connectivity index (χ3n) is 5.00. The number of thiophene rings is 1. The van der Waals surface area contributed by atoms with Crippen LogP contribution >= 0.6 is 22.7 Å². The molecule has 1 aliphatic rings. The lowest BCUT2D eigenvalue weighted by molar-refractivity contribution is -0.130. The fraction of sp³-hybridized carbons (Fsp3) is 0.227. The van der Waals surface area contributed by atoms with Crippen LogP contribution in [-0.4, -0.2) is 26.7 Å². The van der Waals surface area contributed by atoms with E-state index in [0.29, 0.717) is 17.1 Å². The van der Waals surface area contributed by atoms with Gasteiger partial charge in [-0.3, -0.25) is 9.59 Å². The van der Waals surface area contributed by atoms with Gasteiger partial charge in [-0.1, -0.05) is 30.3 Å². The molecule has 2 aromatic heterocycles. The fourth-order valence-corrected chi connectivity index (χ4v) is 5.55. The maximum absolute atomic E-state index is 13.4. The molecule has 1 aromatic carbocycles. The molecule has 0 fully saturated rings. The Kier molecular flexibility index (Phi) is 5.10. The highest BCUT2D eigenvalue weighted by molar-refractivity contribution is 7.14. The zero-order valence-corrected chi connectivity index (χ0v) is 17.9. The van der Waals surface area contributed by atoms with Crippen LogP contribution in [0, 0.1) is 20.8 Å². The zero-order chi connectivity index (χ0) is 20.7. The zero-order valence-electron chi connectivity index (χ0n) is 16.3. The van der Waals surface area contributed by atoms with Gasteiger partial charge in [0, 0.05) is 11.4 Å². The summed E-state index contributed by atoms with van der Waals surface area (Å²) in [6.45, 7) is 5.88. The first kappa shape index (κ1) is 19.5. The number of aryl methyl sites for hydroxylation is 3. The number of nitrogens with zero attached hydrogens (tertiary/aromatic N) is 2. The molecular formula is C22H20N2O3S2. The lowest BCUT2D eigenvalue weighted by Crippen LogP contribution is -2.30. The summed E-state index contributed by atoms with van der Waals surface area (Å²) in [6, 6.07) is 10.9. The maximum Gasteiger partial charge on any atom is 0.290 e. The van der Waals surface area contributed by atoms with E-state index in [2.05, 4.69) is 4.98 Å². The molecule has 1 N–H and O–H groups in total. The molecule has 3 aromatic rings. The number of hydrogen-bond donors (Lipinski definition) is 1. The van der Waals surface area contributed by atoms with Crippen molar-refractivity contribution in [3.8, 4) is 0 Å². The Morgan fingerprint density at radius 3 is 2.48 bits per heavy atom. The van der Waals surface area contributed by atoms with Crippen molar-refractivity contribution in [1.82, 2.24) is 9.88 Å². The summed E-state index contributed by atoms with van der Waals surface area (Å²) in [5.41, 5.74) is 2.69. The second-order valence-electron chi connectivity index (χ2n) is 7.03. The summed E-state index contributed by atoms with van der Waals surface area (Å²) < 4.78 is 0. The molecule has 1 atom stereocenters. The number of carbonyl (C=O) groups excluding carboxylic acids is 2. The summed E-state index contributed by atoms with van der Waals surface area (Å²) in [5.74, 6) is -1.31. The Bertz CT molecular complexity index is 1130. The smallest absolute Gasteiger partial charge is 0.290 e. The minimum atomic E-state index is -0.614. The van der Waals surface area contributed by atoms with Crippen molar-refractivity contribution in [2.24, 2.45) is 0 Å². The molecule has 1 aliphatic heterocycles. The third-order valence-corrected chi connectivity index (χ3v) is 7.15. The molecule has 0 bridgehead atoms. The molecule has 1 amide bonds. The molecule has 4 rings (SSSR count). The largest absolute Gasteiger partial charge is 0.503 e. The molecule has 7 heteroatoms. The van der Waals surface area contributed by atoms with E-state index in [1.165, 1.54) is 22.7 Å². The molecule has 0 saturated carbocycles. The van der Waals surface area contributed by atoms with Crippen LogP contribution < -0.4 is 0 Å². The van der Waals surface area contributed by atoms with Crippen LogP contribution in [0.1, 0.15) is 42.4 Å². The summed E-state index contributed by atoms with van der Waals surface area (Å²) in [7, 11) is 0. The Morgan fingerprint density at radius 2 is 1.90 bits per heavy atom. The van der Waals surface area contributed by atoms with Gasteiger partial charge in [-0.25, -0.2) is 4.98 Å². The maximum atomic E-state index is 13.4. The van der Waals surface area contributed by atoms with Crippen LogP contribution in [0.15, 0.2) is 53.1 Å². The van der Waals surface area contributed by atoms with Gasteiger partial charge < -0.3 is 10.0 Å². The topological polar surface area (TPSA) is 70.5 Å². The first-order valence-corrected chi connectivity index (χ1v) is 10.9. The monoisotopic (exact) mass is 424 g/mol. The van der Waals surface area contributed by atoms with Crippen molar-refractivity contribution in [3.05, 3.63) is 84.7 Å². The molecule has 0 spiro atoms. The molecule has 3 heterocycles. The summed E-state index contributed by atoms with van der Waals surface area (Å²) >= 11 is 2.78. The Balaban J connectivity index is 1.82. The first-order valence-electron chi connectivity index (χ1n) is 9.19. The predicted molar refractivity (Wildman–Crippen MR) is 114 cm³/mol. The van der Waals surface area contributed by atoms with E-state index in [-0.39, 0.29) is 11.4 Å². The standard InChI is InChI=1S/C22H20N2O3S2/c1-12-9-10-28-20(12)17-16(18(25)21-13(2)23-14(3)29-21)19(26)22(27)24(17)11-15-7-5-4-6-8-15/h4-10,17,26H,11H2,1-3H3. The van der Waals surface area contributed by atoms with Gasteiger partial charge in [0.25, 0.3) is 5.91 Å².